The summed E-state index contributed by atoms with van der Waals surface area (Å²) in [4.78, 5) is 2.23. The molecule has 2 aromatic rings. The molecule has 1 nitrogen and oxygen atoms in total. The lowest BCUT2D eigenvalue weighted by molar-refractivity contribution is 0.654. The molecular weight excluding hydrogens is 470 g/mol. The minimum absolute atomic E-state index is 0.0547. The predicted molar refractivity (Wildman–Crippen MR) is 173 cm³/mol. The molecule has 4 rings (SSSR count). The number of benzene rings is 2. The first-order valence-corrected chi connectivity index (χ1v) is 14.2. The minimum atomic E-state index is -0.0547. The standard InChI is InChI=1S/C38H43N/c1-8-10-18-30(25-24-29(4)31-19-12-11-17-28(31)3)32-20-14-16-23-37(32)39(7)27-26-34-33-21-13-15-22-36(33)38(5,6)35(34)9-2/h9-10,12-16,18-27H,2,8,11,17H2,1,3-7H3/b18-10+,27-26-,29-24+,30-25+. The van der Waals surface area contributed by atoms with Gasteiger partial charge in [-0.1, -0.05) is 118 Å². The van der Waals surface area contributed by atoms with Crippen molar-refractivity contribution >= 4 is 16.8 Å². The van der Waals surface area contributed by atoms with Gasteiger partial charge in [0.2, 0.25) is 0 Å². The maximum atomic E-state index is 4.16. The zero-order valence-electron chi connectivity index (χ0n) is 24.6. The lowest BCUT2D eigenvalue weighted by Gasteiger charge is -2.22. The van der Waals surface area contributed by atoms with E-state index in [1.165, 1.54) is 55.8 Å². The van der Waals surface area contributed by atoms with Crippen molar-refractivity contribution in [3.63, 3.8) is 0 Å². The van der Waals surface area contributed by atoms with E-state index >= 15 is 0 Å². The summed E-state index contributed by atoms with van der Waals surface area (Å²) < 4.78 is 0. The molecule has 0 bridgehead atoms. The summed E-state index contributed by atoms with van der Waals surface area (Å²) in [6.45, 7) is 15.4. The zero-order valence-corrected chi connectivity index (χ0v) is 24.6. The third kappa shape index (κ3) is 5.93. The first-order valence-electron chi connectivity index (χ1n) is 14.2. The Morgan fingerprint density at radius 1 is 1.05 bits per heavy atom. The van der Waals surface area contributed by atoms with Crippen molar-refractivity contribution in [3.8, 4) is 0 Å². The van der Waals surface area contributed by atoms with Crippen LogP contribution < -0.4 is 4.90 Å². The summed E-state index contributed by atoms with van der Waals surface area (Å²) in [5.41, 5.74) is 12.9. The smallest absolute Gasteiger partial charge is 0.0483 e. The number of rotatable bonds is 9. The highest BCUT2D eigenvalue weighted by molar-refractivity contribution is 5.88. The number of hydrogen-bond donors (Lipinski definition) is 0. The third-order valence-electron chi connectivity index (χ3n) is 8.02. The average Bonchev–Trinajstić information content (AvgIpc) is 3.17. The van der Waals surface area contributed by atoms with Crippen molar-refractivity contribution in [2.24, 2.45) is 0 Å². The molecule has 0 aromatic heterocycles. The van der Waals surface area contributed by atoms with Gasteiger partial charge in [0.25, 0.3) is 0 Å². The van der Waals surface area contributed by atoms with Gasteiger partial charge in [0.15, 0.2) is 0 Å². The van der Waals surface area contributed by atoms with Crippen LogP contribution in [0.4, 0.5) is 5.69 Å². The number of allylic oxidation sites excluding steroid dienone is 14. The second-order valence-corrected chi connectivity index (χ2v) is 11.1. The van der Waals surface area contributed by atoms with Gasteiger partial charge < -0.3 is 4.90 Å². The second-order valence-electron chi connectivity index (χ2n) is 11.1. The quantitative estimate of drug-likeness (QED) is 0.301. The number of anilines is 1. The second kappa shape index (κ2) is 12.3. The minimum Gasteiger partial charge on any atom is -0.351 e. The number of fused-ring (bicyclic) bond motifs is 1. The summed E-state index contributed by atoms with van der Waals surface area (Å²) in [7, 11) is 2.14. The van der Waals surface area contributed by atoms with Crippen LogP contribution >= 0.6 is 0 Å². The van der Waals surface area contributed by atoms with E-state index in [2.05, 4.69) is 150 Å². The van der Waals surface area contributed by atoms with Crippen LogP contribution in [0.15, 0.2) is 132 Å². The summed E-state index contributed by atoms with van der Waals surface area (Å²) in [5, 5.41) is 0. The first-order chi connectivity index (χ1) is 18.8. The molecule has 0 unspecified atom stereocenters. The van der Waals surface area contributed by atoms with E-state index in [-0.39, 0.29) is 5.41 Å². The number of nitrogens with zero attached hydrogens (tertiary/aromatic N) is 1. The predicted octanol–water partition coefficient (Wildman–Crippen LogP) is 10.5. The highest BCUT2D eigenvalue weighted by Gasteiger charge is 2.34. The molecule has 0 heterocycles. The maximum Gasteiger partial charge on any atom is 0.0483 e. The van der Waals surface area contributed by atoms with E-state index in [1.807, 2.05) is 6.08 Å². The van der Waals surface area contributed by atoms with E-state index in [1.54, 1.807) is 0 Å². The number of hydrogen-bond acceptors (Lipinski definition) is 1. The molecule has 1 heteroatoms. The SMILES string of the molecule is C=CC1=C(/C=C\N(C)c2ccccc2C(/C=C/CC)=C/C=C(\C)C2=C(C)CCC=C2)c2ccccc2C1(C)C. The average molecular weight is 514 g/mol. The summed E-state index contributed by atoms with van der Waals surface area (Å²) >= 11 is 0. The molecule has 0 N–H and O–H groups in total. The van der Waals surface area contributed by atoms with Crippen LogP contribution in [0, 0.1) is 0 Å². The van der Waals surface area contributed by atoms with Crippen molar-refractivity contribution < 1.29 is 0 Å². The van der Waals surface area contributed by atoms with Crippen LogP contribution in [0.5, 0.6) is 0 Å². The Kier molecular flexibility index (Phi) is 8.92. The van der Waals surface area contributed by atoms with E-state index in [4.69, 9.17) is 0 Å². The van der Waals surface area contributed by atoms with Crippen molar-refractivity contribution in [1.29, 1.82) is 0 Å². The molecule has 0 atom stereocenters. The topological polar surface area (TPSA) is 3.24 Å². The van der Waals surface area contributed by atoms with E-state index in [0.29, 0.717) is 0 Å². The Morgan fingerprint density at radius 3 is 2.54 bits per heavy atom. The molecule has 0 spiro atoms. The van der Waals surface area contributed by atoms with Gasteiger partial charge in [-0.05, 0) is 84.2 Å². The lowest BCUT2D eigenvalue weighted by Crippen LogP contribution is -2.15. The molecule has 39 heavy (non-hydrogen) atoms. The Balaban J connectivity index is 1.72. The van der Waals surface area contributed by atoms with Gasteiger partial charge in [-0.3, -0.25) is 0 Å². The monoisotopic (exact) mass is 513 g/mol. The van der Waals surface area contributed by atoms with Crippen LogP contribution in [0.25, 0.3) is 11.1 Å². The molecule has 0 amide bonds. The van der Waals surface area contributed by atoms with Crippen LogP contribution in [-0.2, 0) is 5.41 Å². The molecule has 200 valence electrons. The van der Waals surface area contributed by atoms with Crippen LogP contribution in [0.3, 0.4) is 0 Å². The fourth-order valence-electron chi connectivity index (χ4n) is 5.76. The van der Waals surface area contributed by atoms with Crippen LogP contribution in [0.2, 0.25) is 0 Å². The lowest BCUT2D eigenvalue weighted by atomic mass is 9.81. The summed E-state index contributed by atoms with van der Waals surface area (Å²) in [5.74, 6) is 0. The molecule has 0 radical (unpaired) electrons. The molecule has 0 aliphatic heterocycles. The summed E-state index contributed by atoms with van der Waals surface area (Å²) in [6.07, 6.45) is 23.4. The Bertz CT molecular complexity index is 1450. The fraction of sp³-hybridized carbons (Fsp3) is 0.263. The molecule has 2 aromatic carbocycles. The highest BCUT2D eigenvalue weighted by atomic mass is 15.1. The normalized spacial score (nSPS) is 17.5. The van der Waals surface area contributed by atoms with Crippen molar-refractivity contribution in [3.05, 3.63) is 149 Å². The molecule has 2 aliphatic rings. The van der Waals surface area contributed by atoms with E-state index in [9.17, 15) is 0 Å². The molecule has 2 aliphatic carbocycles. The highest BCUT2D eigenvalue weighted by Crippen LogP contribution is 2.47. The van der Waals surface area contributed by atoms with Gasteiger partial charge in [-0.25, -0.2) is 0 Å². The van der Waals surface area contributed by atoms with Crippen LogP contribution in [0.1, 0.15) is 70.6 Å². The fourth-order valence-corrected chi connectivity index (χ4v) is 5.76. The third-order valence-corrected chi connectivity index (χ3v) is 8.02. The Labute approximate surface area is 236 Å². The largest absolute Gasteiger partial charge is 0.351 e. The molecular formula is C38H43N. The van der Waals surface area contributed by atoms with E-state index < -0.39 is 0 Å². The van der Waals surface area contributed by atoms with Crippen molar-refractivity contribution in [1.82, 2.24) is 0 Å². The molecule has 0 saturated heterocycles. The first kappa shape index (κ1) is 28.2. The van der Waals surface area contributed by atoms with Crippen molar-refractivity contribution in [2.45, 2.75) is 59.3 Å². The Hall–Kier alpha value is -3.84. The van der Waals surface area contributed by atoms with Gasteiger partial charge in [0.1, 0.15) is 0 Å². The Morgan fingerprint density at radius 2 is 1.79 bits per heavy atom. The van der Waals surface area contributed by atoms with Crippen LogP contribution in [-0.4, -0.2) is 7.05 Å². The van der Waals surface area contributed by atoms with Crippen molar-refractivity contribution in [2.75, 3.05) is 11.9 Å². The van der Waals surface area contributed by atoms with Gasteiger partial charge >= 0.3 is 0 Å². The molecule has 0 saturated carbocycles. The zero-order chi connectivity index (χ0) is 28.0. The number of para-hydroxylation sites is 1. The van der Waals surface area contributed by atoms with Gasteiger partial charge in [0.05, 0.1) is 0 Å². The van der Waals surface area contributed by atoms with Gasteiger partial charge in [0, 0.05) is 29.9 Å². The molecule has 0 fully saturated rings. The van der Waals surface area contributed by atoms with E-state index in [0.717, 1.165) is 19.3 Å². The van der Waals surface area contributed by atoms with Gasteiger partial charge in [-0.15, -0.1) is 0 Å². The maximum absolute atomic E-state index is 4.16. The summed E-state index contributed by atoms with van der Waals surface area (Å²) in [6, 6.07) is 17.4. The van der Waals surface area contributed by atoms with Gasteiger partial charge in [-0.2, -0.15) is 0 Å².